The molecule has 1 heterocycles. The highest BCUT2D eigenvalue weighted by molar-refractivity contribution is 5.81. The molecule has 1 aliphatic heterocycles. The van der Waals surface area contributed by atoms with Crippen LogP contribution in [-0.2, 0) is 10.3 Å². The van der Waals surface area contributed by atoms with Gasteiger partial charge in [0.05, 0.1) is 0 Å². The zero-order valence-electron chi connectivity index (χ0n) is 13.2. The first-order valence-electron chi connectivity index (χ1n) is 7.75. The van der Waals surface area contributed by atoms with Crippen molar-refractivity contribution < 1.29 is 9.90 Å². The molecule has 2 rings (SSSR count). The van der Waals surface area contributed by atoms with Gasteiger partial charge in [0.1, 0.15) is 0 Å². The van der Waals surface area contributed by atoms with Crippen LogP contribution in [0.25, 0.3) is 0 Å². The minimum atomic E-state index is -1.05. The van der Waals surface area contributed by atoms with Gasteiger partial charge in [-0.25, -0.2) is 4.79 Å². The number of benzene rings is 1. The molecule has 2 N–H and O–H groups in total. The molecule has 0 bridgehead atoms. The Morgan fingerprint density at radius 3 is 2.33 bits per heavy atom. The maximum Gasteiger partial charge on any atom is 0.329 e. The van der Waals surface area contributed by atoms with Gasteiger partial charge in [-0.15, -0.1) is 0 Å². The molecule has 1 saturated heterocycles. The maximum atomic E-state index is 12.1. The first-order valence-corrected chi connectivity index (χ1v) is 7.75. The Morgan fingerprint density at radius 2 is 1.86 bits per heavy atom. The molecule has 0 aliphatic carbocycles. The minimum Gasteiger partial charge on any atom is -0.480 e. The van der Waals surface area contributed by atoms with Crippen LogP contribution in [0.15, 0.2) is 30.3 Å². The number of aliphatic carboxylic acids is 1. The van der Waals surface area contributed by atoms with Crippen molar-refractivity contribution in [2.45, 2.75) is 50.7 Å². The molecule has 1 fully saturated rings. The Hall–Kier alpha value is -1.39. The third kappa shape index (κ3) is 3.11. The van der Waals surface area contributed by atoms with E-state index >= 15 is 0 Å². The van der Waals surface area contributed by atoms with Gasteiger partial charge in [-0.2, -0.15) is 0 Å². The highest BCUT2D eigenvalue weighted by Crippen LogP contribution is 2.29. The fraction of sp³-hybridized carbons (Fsp3) is 0.588. The van der Waals surface area contributed by atoms with Gasteiger partial charge in [-0.05, 0) is 39.3 Å². The fourth-order valence-corrected chi connectivity index (χ4v) is 3.40. The second-order valence-electron chi connectivity index (χ2n) is 6.13. The molecule has 0 aromatic heterocycles. The molecule has 0 amide bonds. The van der Waals surface area contributed by atoms with Crippen molar-refractivity contribution in [1.29, 1.82) is 0 Å². The molecule has 1 aromatic carbocycles. The fourth-order valence-electron chi connectivity index (χ4n) is 3.40. The van der Waals surface area contributed by atoms with Gasteiger partial charge in [0, 0.05) is 18.6 Å². The number of carboxylic acids is 1. The van der Waals surface area contributed by atoms with Crippen LogP contribution in [0.3, 0.4) is 0 Å². The van der Waals surface area contributed by atoms with E-state index in [-0.39, 0.29) is 0 Å². The maximum absolute atomic E-state index is 12.1. The van der Waals surface area contributed by atoms with Crippen molar-refractivity contribution >= 4 is 5.97 Å². The number of carbonyl (C=O) groups is 1. The van der Waals surface area contributed by atoms with Crippen LogP contribution < -0.4 is 5.32 Å². The molecule has 3 atom stereocenters. The third-order valence-corrected chi connectivity index (χ3v) is 4.85. The zero-order chi connectivity index (χ0) is 15.5. The van der Waals surface area contributed by atoms with E-state index < -0.39 is 11.5 Å². The Morgan fingerprint density at radius 1 is 1.29 bits per heavy atom. The number of likely N-dealkylation sites (tertiary alicyclic amines) is 1. The molecule has 1 aromatic rings. The van der Waals surface area contributed by atoms with Crippen molar-refractivity contribution in [3.8, 4) is 0 Å². The number of carboxylic acid groups (broad SMARTS) is 1. The standard InChI is InChI=1S/C17H26N2O2/c1-13-8-7-9-14(2)19(13)12-17(18-3,16(20)21)15-10-5-4-6-11-15/h4-6,10-11,13-14,18H,7-9,12H2,1-3H3,(H,20,21). The lowest BCUT2D eigenvalue weighted by Crippen LogP contribution is -2.59. The lowest BCUT2D eigenvalue weighted by Gasteiger charge is -2.44. The van der Waals surface area contributed by atoms with E-state index in [1.54, 1.807) is 7.05 Å². The quantitative estimate of drug-likeness (QED) is 0.874. The molecule has 4 heteroatoms. The van der Waals surface area contributed by atoms with Crippen LogP contribution in [-0.4, -0.2) is 41.7 Å². The topological polar surface area (TPSA) is 52.6 Å². The molecule has 21 heavy (non-hydrogen) atoms. The molecule has 3 unspecified atom stereocenters. The first-order chi connectivity index (χ1) is 10.0. The van der Waals surface area contributed by atoms with Crippen LogP contribution in [0.4, 0.5) is 0 Å². The molecule has 0 spiro atoms. The number of piperidine rings is 1. The van der Waals surface area contributed by atoms with Crippen LogP contribution in [0.5, 0.6) is 0 Å². The molecule has 0 radical (unpaired) electrons. The van der Waals surface area contributed by atoms with E-state index in [0.29, 0.717) is 18.6 Å². The van der Waals surface area contributed by atoms with Crippen LogP contribution in [0.2, 0.25) is 0 Å². The number of likely N-dealkylation sites (N-methyl/N-ethyl adjacent to an activating group) is 1. The smallest absolute Gasteiger partial charge is 0.329 e. The predicted molar refractivity (Wildman–Crippen MR) is 84.3 cm³/mol. The van der Waals surface area contributed by atoms with E-state index in [0.717, 1.165) is 18.4 Å². The summed E-state index contributed by atoms with van der Waals surface area (Å²) in [5, 5.41) is 13.0. The molecular weight excluding hydrogens is 264 g/mol. The Balaban J connectivity index is 2.35. The van der Waals surface area contributed by atoms with E-state index in [1.165, 1.54) is 6.42 Å². The summed E-state index contributed by atoms with van der Waals surface area (Å²) in [4.78, 5) is 14.4. The van der Waals surface area contributed by atoms with Crippen molar-refractivity contribution in [1.82, 2.24) is 10.2 Å². The van der Waals surface area contributed by atoms with Gasteiger partial charge in [-0.3, -0.25) is 4.90 Å². The van der Waals surface area contributed by atoms with E-state index in [2.05, 4.69) is 24.1 Å². The second-order valence-corrected chi connectivity index (χ2v) is 6.13. The van der Waals surface area contributed by atoms with Crippen LogP contribution >= 0.6 is 0 Å². The normalized spacial score (nSPS) is 26.2. The monoisotopic (exact) mass is 290 g/mol. The SMILES string of the molecule is CNC(CN1C(C)CCCC1C)(C(=O)O)c1ccccc1. The lowest BCUT2D eigenvalue weighted by atomic mass is 9.86. The van der Waals surface area contributed by atoms with Gasteiger partial charge >= 0.3 is 5.97 Å². The summed E-state index contributed by atoms with van der Waals surface area (Å²) >= 11 is 0. The summed E-state index contributed by atoms with van der Waals surface area (Å²) < 4.78 is 0. The van der Waals surface area contributed by atoms with Gasteiger partial charge in [0.15, 0.2) is 5.54 Å². The Bertz CT molecular complexity index is 467. The zero-order valence-corrected chi connectivity index (χ0v) is 13.2. The molecule has 4 nitrogen and oxygen atoms in total. The lowest BCUT2D eigenvalue weighted by molar-refractivity contribution is -0.147. The highest BCUT2D eigenvalue weighted by Gasteiger charge is 2.42. The number of rotatable bonds is 5. The average molecular weight is 290 g/mol. The van der Waals surface area contributed by atoms with Crippen LogP contribution in [0.1, 0.15) is 38.7 Å². The van der Waals surface area contributed by atoms with Gasteiger partial charge < -0.3 is 10.4 Å². The van der Waals surface area contributed by atoms with Crippen molar-refractivity contribution in [3.63, 3.8) is 0 Å². The van der Waals surface area contributed by atoms with E-state index in [4.69, 9.17) is 0 Å². The summed E-state index contributed by atoms with van der Waals surface area (Å²) in [6, 6.07) is 10.3. The molecule has 0 saturated carbocycles. The van der Waals surface area contributed by atoms with E-state index in [9.17, 15) is 9.90 Å². The summed E-state index contributed by atoms with van der Waals surface area (Å²) in [5.74, 6) is -0.818. The number of nitrogens with one attached hydrogen (secondary N) is 1. The molecular formula is C17H26N2O2. The number of hydrogen-bond donors (Lipinski definition) is 2. The van der Waals surface area contributed by atoms with Crippen molar-refractivity contribution in [2.24, 2.45) is 0 Å². The third-order valence-electron chi connectivity index (χ3n) is 4.85. The summed E-state index contributed by atoms with van der Waals surface area (Å²) in [7, 11) is 1.74. The average Bonchev–Trinajstić information content (AvgIpc) is 2.48. The van der Waals surface area contributed by atoms with Gasteiger partial charge in [-0.1, -0.05) is 36.8 Å². The largest absolute Gasteiger partial charge is 0.480 e. The Kier molecular flexibility index (Phi) is 5.01. The van der Waals surface area contributed by atoms with Crippen LogP contribution in [0, 0.1) is 0 Å². The number of nitrogens with zero attached hydrogens (tertiary/aromatic N) is 1. The Labute approximate surface area is 127 Å². The van der Waals surface area contributed by atoms with Gasteiger partial charge in [0.25, 0.3) is 0 Å². The predicted octanol–water partition coefficient (Wildman–Crippen LogP) is 2.45. The first kappa shape index (κ1) is 16.0. The van der Waals surface area contributed by atoms with Crippen molar-refractivity contribution in [2.75, 3.05) is 13.6 Å². The molecule has 116 valence electrons. The van der Waals surface area contributed by atoms with E-state index in [1.807, 2.05) is 30.3 Å². The number of hydrogen-bond acceptors (Lipinski definition) is 3. The molecule has 1 aliphatic rings. The van der Waals surface area contributed by atoms with Crippen molar-refractivity contribution in [3.05, 3.63) is 35.9 Å². The minimum absolute atomic E-state index is 0.421. The summed E-state index contributed by atoms with van der Waals surface area (Å²) in [6.45, 7) is 4.89. The second kappa shape index (κ2) is 6.58. The van der Waals surface area contributed by atoms with Gasteiger partial charge in [0.2, 0.25) is 0 Å². The summed E-state index contributed by atoms with van der Waals surface area (Å²) in [5.41, 5.74) is -0.244. The highest BCUT2D eigenvalue weighted by atomic mass is 16.4. The summed E-state index contributed by atoms with van der Waals surface area (Å²) in [6.07, 6.45) is 3.50.